The number of aromatic nitrogens is 1. The van der Waals surface area contributed by atoms with E-state index in [1.165, 1.54) is 6.08 Å². The van der Waals surface area contributed by atoms with E-state index in [1.807, 2.05) is 0 Å². The highest BCUT2D eigenvalue weighted by atomic mass is 35.5. The molecule has 0 aliphatic rings. The van der Waals surface area contributed by atoms with E-state index in [4.69, 9.17) is 23.2 Å². The Bertz CT molecular complexity index is 592. The lowest BCUT2D eigenvalue weighted by Crippen LogP contribution is -2.07. The van der Waals surface area contributed by atoms with Crippen molar-refractivity contribution in [3.05, 3.63) is 64.4 Å². The first-order valence-electron chi connectivity index (χ1n) is 5.50. The summed E-state index contributed by atoms with van der Waals surface area (Å²) in [5, 5.41) is 3.67. The summed E-state index contributed by atoms with van der Waals surface area (Å²) in [7, 11) is 0. The van der Waals surface area contributed by atoms with Crippen LogP contribution in [0.1, 0.15) is 5.56 Å². The standard InChI is InChI=1S/C14H10Cl2N2O/c15-12-4-1-5-13(16)11(12)6-7-14(19)18-10-3-2-8-17-9-10/h1-9H,(H,18,19)/b7-6+. The van der Waals surface area contributed by atoms with E-state index in [9.17, 15) is 4.79 Å². The van der Waals surface area contributed by atoms with Crippen LogP contribution in [-0.2, 0) is 4.79 Å². The van der Waals surface area contributed by atoms with E-state index in [2.05, 4.69) is 10.3 Å². The highest BCUT2D eigenvalue weighted by molar-refractivity contribution is 6.37. The van der Waals surface area contributed by atoms with E-state index in [0.717, 1.165) is 0 Å². The van der Waals surface area contributed by atoms with E-state index in [0.29, 0.717) is 21.3 Å². The molecule has 3 nitrogen and oxygen atoms in total. The molecule has 1 amide bonds. The molecule has 0 radical (unpaired) electrons. The monoisotopic (exact) mass is 292 g/mol. The fourth-order valence-electron chi connectivity index (χ4n) is 1.45. The second-order valence-electron chi connectivity index (χ2n) is 3.70. The Kier molecular flexibility index (Phi) is 4.55. The quantitative estimate of drug-likeness (QED) is 0.868. The molecule has 5 heteroatoms. The Morgan fingerprint density at radius 1 is 1.16 bits per heavy atom. The Labute approximate surface area is 120 Å². The van der Waals surface area contributed by atoms with Gasteiger partial charge in [-0.3, -0.25) is 9.78 Å². The smallest absolute Gasteiger partial charge is 0.248 e. The van der Waals surface area contributed by atoms with Crippen LogP contribution in [0.25, 0.3) is 6.08 Å². The summed E-state index contributed by atoms with van der Waals surface area (Å²) in [5.41, 5.74) is 1.24. The molecule has 2 aromatic rings. The summed E-state index contributed by atoms with van der Waals surface area (Å²) < 4.78 is 0. The van der Waals surface area contributed by atoms with Gasteiger partial charge in [-0.15, -0.1) is 0 Å². The SMILES string of the molecule is O=C(/C=C/c1c(Cl)cccc1Cl)Nc1cccnc1. The molecule has 1 aromatic carbocycles. The van der Waals surface area contributed by atoms with Gasteiger partial charge in [0.25, 0.3) is 0 Å². The van der Waals surface area contributed by atoms with Crippen LogP contribution in [0.5, 0.6) is 0 Å². The van der Waals surface area contributed by atoms with Gasteiger partial charge in [0.2, 0.25) is 5.91 Å². The maximum absolute atomic E-state index is 11.7. The molecule has 0 aliphatic heterocycles. The number of carbonyl (C=O) groups is 1. The summed E-state index contributed by atoms with van der Waals surface area (Å²) in [4.78, 5) is 15.6. The number of anilines is 1. The van der Waals surface area contributed by atoms with Crippen molar-refractivity contribution >= 4 is 40.9 Å². The average Bonchev–Trinajstić information content (AvgIpc) is 2.39. The number of pyridine rings is 1. The summed E-state index contributed by atoms with van der Waals surface area (Å²) in [6.07, 6.45) is 6.15. The first-order valence-corrected chi connectivity index (χ1v) is 6.25. The van der Waals surface area contributed by atoms with E-state index >= 15 is 0 Å². The molecule has 0 atom stereocenters. The maximum atomic E-state index is 11.7. The van der Waals surface area contributed by atoms with Gasteiger partial charge in [0.15, 0.2) is 0 Å². The van der Waals surface area contributed by atoms with Crippen molar-refractivity contribution in [3.63, 3.8) is 0 Å². The minimum Gasteiger partial charge on any atom is -0.321 e. The number of hydrogen-bond acceptors (Lipinski definition) is 2. The molecule has 0 unspecified atom stereocenters. The second-order valence-corrected chi connectivity index (χ2v) is 4.51. The molecular weight excluding hydrogens is 283 g/mol. The lowest BCUT2D eigenvalue weighted by molar-refractivity contribution is -0.111. The number of rotatable bonds is 3. The van der Waals surface area contributed by atoms with Gasteiger partial charge in [-0.25, -0.2) is 0 Å². The zero-order valence-electron chi connectivity index (χ0n) is 9.81. The average molecular weight is 293 g/mol. The van der Waals surface area contributed by atoms with Crippen LogP contribution >= 0.6 is 23.2 Å². The predicted molar refractivity (Wildman–Crippen MR) is 78.4 cm³/mol. The number of amides is 1. The largest absolute Gasteiger partial charge is 0.321 e. The van der Waals surface area contributed by atoms with Crippen LogP contribution in [0, 0.1) is 0 Å². The number of carbonyl (C=O) groups excluding carboxylic acids is 1. The summed E-state index contributed by atoms with van der Waals surface area (Å²) in [6, 6.07) is 8.67. The number of hydrogen-bond donors (Lipinski definition) is 1. The van der Waals surface area contributed by atoms with Gasteiger partial charge >= 0.3 is 0 Å². The normalized spacial score (nSPS) is 10.6. The van der Waals surface area contributed by atoms with Crippen molar-refractivity contribution in [3.8, 4) is 0 Å². The van der Waals surface area contributed by atoms with Gasteiger partial charge in [-0.2, -0.15) is 0 Å². The first-order chi connectivity index (χ1) is 9.16. The van der Waals surface area contributed by atoms with Gasteiger partial charge in [-0.05, 0) is 30.3 Å². The Morgan fingerprint density at radius 3 is 2.53 bits per heavy atom. The van der Waals surface area contributed by atoms with Crippen LogP contribution < -0.4 is 5.32 Å². The van der Waals surface area contributed by atoms with Crippen molar-refractivity contribution < 1.29 is 4.79 Å². The lowest BCUT2D eigenvalue weighted by Gasteiger charge is -2.02. The molecule has 96 valence electrons. The summed E-state index contributed by atoms with van der Waals surface area (Å²) >= 11 is 12.0. The van der Waals surface area contributed by atoms with E-state index in [-0.39, 0.29) is 5.91 Å². The molecule has 19 heavy (non-hydrogen) atoms. The molecular formula is C14H10Cl2N2O. The predicted octanol–water partition coefficient (Wildman–Crippen LogP) is 4.04. The zero-order valence-corrected chi connectivity index (χ0v) is 11.3. The fraction of sp³-hybridized carbons (Fsp3) is 0. The molecule has 0 saturated carbocycles. The first kappa shape index (κ1) is 13.6. The van der Waals surface area contributed by atoms with Crippen LogP contribution in [0.15, 0.2) is 48.8 Å². The van der Waals surface area contributed by atoms with Crippen LogP contribution in [0.4, 0.5) is 5.69 Å². The van der Waals surface area contributed by atoms with Crippen LogP contribution in [-0.4, -0.2) is 10.9 Å². The zero-order chi connectivity index (χ0) is 13.7. The fourth-order valence-corrected chi connectivity index (χ4v) is 1.97. The van der Waals surface area contributed by atoms with Gasteiger partial charge in [-0.1, -0.05) is 29.3 Å². The van der Waals surface area contributed by atoms with Crippen molar-refractivity contribution in [2.75, 3.05) is 5.32 Å². The van der Waals surface area contributed by atoms with Crippen molar-refractivity contribution in [1.29, 1.82) is 0 Å². The molecule has 1 heterocycles. The Hall–Kier alpha value is -1.84. The van der Waals surface area contributed by atoms with Crippen molar-refractivity contribution in [1.82, 2.24) is 4.98 Å². The van der Waals surface area contributed by atoms with Crippen molar-refractivity contribution in [2.24, 2.45) is 0 Å². The van der Waals surface area contributed by atoms with Crippen LogP contribution in [0.3, 0.4) is 0 Å². The van der Waals surface area contributed by atoms with Gasteiger partial charge in [0, 0.05) is 27.9 Å². The highest BCUT2D eigenvalue weighted by Gasteiger charge is 2.02. The van der Waals surface area contributed by atoms with Crippen LogP contribution in [0.2, 0.25) is 10.0 Å². The summed E-state index contributed by atoms with van der Waals surface area (Å²) in [6.45, 7) is 0. The van der Waals surface area contributed by atoms with Crippen molar-refractivity contribution in [2.45, 2.75) is 0 Å². The second kappa shape index (κ2) is 6.36. The molecule has 0 bridgehead atoms. The third-order valence-corrected chi connectivity index (χ3v) is 2.99. The molecule has 0 spiro atoms. The topological polar surface area (TPSA) is 42.0 Å². The number of halogens is 2. The minimum atomic E-state index is -0.274. The molecule has 0 aliphatic carbocycles. The molecule has 0 fully saturated rings. The Morgan fingerprint density at radius 2 is 1.89 bits per heavy atom. The molecule has 1 aromatic heterocycles. The molecule has 2 rings (SSSR count). The number of nitrogens with one attached hydrogen (secondary N) is 1. The van der Waals surface area contributed by atoms with Gasteiger partial charge < -0.3 is 5.32 Å². The Balaban J connectivity index is 2.09. The molecule has 0 saturated heterocycles. The van der Waals surface area contributed by atoms with E-state index in [1.54, 1.807) is 48.8 Å². The third-order valence-electron chi connectivity index (χ3n) is 2.33. The molecule has 1 N–H and O–H groups in total. The number of nitrogens with zero attached hydrogens (tertiary/aromatic N) is 1. The highest BCUT2D eigenvalue weighted by Crippen LogP contribution is 2.25. The lowest BCUT2D eigenvalue weighted by atomic mass is 10.2. The van der Waals surface area contributed by atoms with Gasteiger partial charge in [0.1, 0.15) is 0 Å². The summed E-state index contributed by atoms with van der Waals surface area (Å²) in [5.74, 6) is -0.274. The number of benzene rings is 1. The third kappa shape index (κ3) is 3.81. The minimum absolute atomic E-state index is 0.274. The van der Waals surface area contributed by atoms with E-state index < -0.39 is 0 Å². The maximum Gasteiger partial charge on any atom is 0.248 e. The van der Waals surface area contributed by atoms with Gasteiger partial charge in [0.05, 0.1) is 11.9 Å².